The van der Waals surface area contributed by atoms with E-state index in [2.05, 4.69) is 20.6 Å². The van der Waals surface area contributed by atoms with Crippen molar-refractivity contribution in [3.63, 3.8) is 0 Å². The fraction of sp³-hybridized carbons (Fsp3) is 0.133. The Morgan fingerprint density at radius 2 is 2.00 bits per heavy atom. The van der Waals surface area contributed by atoms with Crippen molar-refractivity contribution in [2.75, 3.05) is 10.6 Å². The summed E-state index contributed by atoms with van der Waals surface area (Å²) in [5.74, 6) is -0.0412. The van der Waals surface area contributed by atoms with E-state index in [1.54, 1.807) is 6.20 Å². The number of para-hydroxylation sites is 1. The molecule has 0 radical (unpaired) electrons. The van der Waals surface area contributed by atoms with Gasteiger partial charge >= 0.3 is 0 Å². The summed E-state index contributed by atoms with van der Waals surface area (Å²) in [7, 11) is 0. The van der Waals surface area contributed by atoms with Crippen molar-refractivity contribution in [2.24, 2.45) is 0 Å². The Labute approximate surface area is 136 Å². The molecule has 1 amide bonds. The molecule has 0 saturated carbocycles. The Kier molecular flexibility index (Phi) is 4.77. The first-order valence-electron chi connectivity index (χ1n) is 6.75. The highest BCUT2D eigenvalue weighted by molar-refractivity contribution is 7.14. The lowest BCUT2D eigenvalue weighted by atomic mass is 10.2. The van der Waals surface area contributed by atoms with Crippen LogP contribution in [-0.2, 0) is 11.2 Å². The van der Waals surface area contributed by atoms with Crippen LogP contribution in [0.2, 0.25) is 0 Å². The monoisotopic (exact) mass is 330 g/mol. The van der Waals surface area contributed by atoms with Crippen molar-refractivity contribution in [3.8, 4) is 0 Å². The molecule has 22 heavy (non-hydrogen) atoms. The molecule has 2 heterocycles. The number of hydrogen-bond acceptors (Lipinski definition) is 6. The lowest BCUT2D eigenvalue weighted by Gasteiger charge is -2.01. The van der Waals surface area contributed by atoms with Gasteiger partial charge in [-0.05, 0) is 18.6 Å². The Bertz CT molecular complexity index is 725. The first-order chi connectivity index (χ1) is 10.8. The van der Waals surface area contributed by atoms with Gasteiger partial charge in [-0.2, -0.15) is 0 Å². The van der Waals surface area contributed by atoms with E-state index in [1.807, 2.05) is 41.1 Å². The van der Waals surface area contributed by atoms with Crippen LogP contribution in [0.15, 0.2) is 47.3 Å². The maximum Gasteiger partial charge on any atom is 0.226 e. The van der Waals surface area contributed by atoms with E-state index in [0.717, 1.165) is 16.5 Å². The number of rotatable bonds is 6. The molecule has 2 aromatic heterocycles. The molecule has 112 valence electrons. The van der Waals surface area contributed by atoms with Crippen molar-refractivity contribution in [1.82, 2.24) is 9.97 Å². The summed E-state index contributed by atoms with van der Waals surface area (Å²) in [6.45, 7) is 0. The summed E-state index contributed by atoms with van der Waals surface area (Å²) in [4.78, 5) is 20.3. The minimum Gasteiger partial charge on any atom is -0.332 e. The van der Waals surface area contributed by atoms with Crippen molar-refractivity contribution < 1.29 is 4.79 Å². The maximum atomic E-state index is 11.8. The highest BCUT2D eigenvalue weighted by Crippen LogP contribution is 2.21. The van der Waals surface area contributed by atoms with E-state index >= 15 is 0 Å². The zero-order chi connectivity index (χ0) is 15.2. The normalized spacial score (nSPS) is 10.4. The highest BCUT2D eigenvalue weighted by atomic mass is 32.1. The number of hydrogen-bond donors (Lipinski definition) is 2. The summed E-state index contributed by atoms with van der Waals surface area (Å²) in [6.07, 6.45) is 2.68. The smallest absolute Gasteiger partial charge is 0.226 e. The number of thiazole rings is 2. The predicted molar refractivity (Wildman–Crippen MR) is 90.9 cm³/mol. The summed E-state index contributed by atoms with van der Waals surface area (Å²) in [5, 5.41) is 11.3. The van der Waals surface area contributed by atoms with Gasteiger partial charge in [0.25, 0.3) is 0 Å². The molecule has 3 rings (SSSR count). The Hall–Kier alpha value is -2.25. The first-order valence-corrected chi connectivity index (χ1v) is 8.51. The van der Waals surface area contributed by atoms with E-state index < -0.39 is 0 Å². The molecule has 0 aliphatic heterocycles. The van der Waals surface area contributed by atoms with Crippen molar-refractivity contribution in [2.45, 2.75) is 12.8 Å². The third-order valence-electron chi connectivity index (χ3n) is 2.86. The molecular formula is C15H14N4OS2. The number of nitrogens with zero attached hydrogens (tertiary/aromatic N) is 2. The minimum absolute atomic E-state index is 0.0412. The number of aromatic nitrogens is 2. The van der Waals surface area contributed by atoms with E-state index in [9.17, 15) is 4.79 Å². The fourth-order valence-corrected chi connectivity index (χ4v) is 3.14. The van der Waals surface area contributed by atoms with Crippen LogP contribution in [-0.4, -0.2) is 15.9 Å². The Balaban J connectivity index is 1.50. The lowest BCUT2D eigenvalue weighted by molar-refractivity contribution is -0.116. The van der Waals surface area contributed by atoms with Gasteiger partial charge in [0.2, 0.25) is 5.91 Å². The Morgan fingerprint density at radius 3 is 2.77 bits per heavy atom. The summed E-state index contributed by atoms with van der Waals surface area (Å²) in [6, 6.07) is 9.89. The number of carbonyl (C=O) groups is 1. The molecule has 0 saturated heterocycles. The van der Waals surface area contributed by atoms with Gasteiger partial charge < -0.3 is 10.6 Å². The average molecular weight is 330 g/mol. The third-order valence-corrected chi connectivity index (χ3v) is 4.36. The van der Waals surface area contributed by atoms with Gasteiger partial charge in [0.05, 0.1) is 5.69 Å². The molecule has 2 N–H and O–H groups in total. The molecule has 0 fully saturated rings. The van der Waals surface area contributed by atoms with Crippen LogP contribution in [0.1, 0.15) is 12.1 Å². The molecule has 3 aromatic rings. The fourth-order valence-electron chi connectivity index (χ4n) is 1.83. The molecule has 0 spiro atoms. The third kappa shape index (κ3) is 4.12. The second-order valence-corrected chi connectivity index (χ2v) is 6.27. The maximum absolute atomic E-state index is 11.8. The number of anilines is 3. The predicted octanol–water partition coefficient (Wildman–Crippen LogP) is 3.91. The number of amides is 1. The van der Waals surface area contributed by atoms with Crippen molar-refractivity contribution in [1.29, 1.82) is 0 Å². The first kappa shape index (κ1) is 14.7. The van der Waals surface area contributed by atoms with E-state index in [-0.39, 0.29) is 5.91 Å². The SMILES string of the molecule is O=C(CCc1csc(Nc2ccccc2)n1)Nc1nccs1. The second-order valence-electron chi connectivity index (χ2n) is 4.52. The number of nitrogens with one attached hydrogen (secondary N) is 2. The van der Waals surface area contributed by atoms with Gasteiger partial charge in [0.1, 0.15) is 0 Å². The highest BCUT2D eigenvalue weighted by Gasteiger charge is 2.07. The van der Waals surface area contributed by atoms with Crippen LogP contribution in [0.3, 0.4) is 0 Å². The molecule has 0 aliphatic carbocycles. The van der Waals surface area contributed by atoms with Gasteiger partial charge in [0.15, 0.2) is 10.3 Å². The number of carbonyl (C=O) groups excluding carboxylic acids is 1. The zero-order valence-electron chi connectivity index (χ0n) is 11.7. The molecule has 0 aliphatic rings. The van der Waals surface area contributed by atoms with Gasteiger partial charge in [0, 0.05) is 29.1 Å². The standard InChI is InChI=1S/C15H14N4OS2/c20-13(19-14-16-8-9-21-14)7-6-12-10-22-15(18-12)17-11-4-2-1-3-5-11/h1-5,8-10H,6-7H2,(H,17,18)(H,16,19,20). The average Bonchev–Trinajstić information content (AvgIpc) is 3.18. The van der Waals surface area contributed by atoms with E-state index in [4.69, 9.17) is 0 Å². The van der Waals surface area contributed by atoms with Crippen LogP contribution in [0.4, 0.5) is 16.0 Å². The Morgan fingerprint density at radius 1 is 1.14 bits per heavy atom. The summed E-state index contributed by atoms with van der Waals surface area (Å²) in [5.41, 5.74) is 1.92. The van der Waals surface area contributed by atoms with E-state index in [0.29, 0.717) is 18.0 Å². The van der Waals surface area contributed by atoms with Crippen LogP contribution in [0, 0.1) is 0 Å². The largest absolute Gasteiger partial charge is 0.332 e. The number of benzene rings is 1. The molecule has 7 heteroatoms. The molecular weight excluding hydrogens is 316 g/mol. The summed E-state index contributed by atoms with van der Waals surface area (Å²) < 4.78 is 0. The lowest BCUT2D eigenvalue weighted by Crippen LogP contribution is -2.12. The van der Waals surface area contributed by atoms with Crippen molar-refractivity contribution in [3.05, 3.63) is 53.0 Å². The molecule has 0 unspecified atom stereocenters. The van der Waals surface area contributed by atoms with Gasteiger partial charge in [-0.3, -0.25) is 4.79 Å². The molecule has 0 bridgehead atoms. The van der Waals surface area contributed by atoms with Crippen LogP contribution < -0.4 is 10.6 Å². The van der Waals surface area contributed by atoms with E-state index in [1.165, 1.54) is 22.7 Å². The van der Waals surface area contributed by atoms with Crippen LogP contribution >= 0.6 is 22.7 Å². The quantitative estimate of drug-likeness (QED) is 0.719. The van der Waals surface area contributed by atoms with Crippen molar-refractivity contribution >= 4 is 44.5 Å². The summed E-state index contributed by atoms with van der Waals surface area (Å²) >= 11 is 2.95. The minimum atomic E-state index is -0.0412. The second kappa shape index (κ2) is 7.15. The van der Waals surface area contributed by atoms with Gasteiger partial charge in [-0.15, -0.1) is 22.7 Å². The molecule has 5 nitrogen and oxygen atoms in total. The van der Waals surface area contributed by atoms with Gasteiger partial charge in [-0.1, -0.05) is 18.2 Å². The molecule has 0 atom stereocenters. The van der Waals surface area contributed by atoms with Crippen LogP contribution in [0.25, 0.3) is 0 Å². The topological polar surface area (TPSA) is 66.9 Å². The molecule has 1 aromatic carbocycles. The number of aryl methyl sites for hydroxylation is 1. The van der Waals surface area contributed by atoms with Crippen LogP contribution in [0.5, 0.6) is 0 Å². The van der Waals surface area contributed by atoms with Gasteiger partial charge in [-0.25, -0.2) is 9.97 Å². The zero-order valence-corrected chi connectivity index (χ0v) is 13.3.